The van der Waals surface area contributed by atoms with Crippen molar-refractivity contribution >= 4 is 5.91 Å². The van der Waals surface area contributed by atoms with Gasteiger partial charge in [0.2, 0.25) is 5.91 Å². The van der Waals surface area contributed by atoms with Crippen molar-refractivity contribution in [2.45, 2.75) is 0 Å². The highest BCUT2D eigenvalue weighted by atomic mass is 16.5. The molecule has 2 N–H and O–H groups in total. The van der Waals surface area contributed by atoms with E-state index in [1.165, 1.54) is 0 Å². The standard InChI is InChI=1S/C7H10N2O2/c10-7-5-3-11-2-1-6(5)8-4-9-7/h1,5,8H,2-4H2,(H,9,10). The number of amides is 1. The van der Waals surface area contributed by atoms with E-state index in [1.54, 1.807) is 0 Å². The van der Waals surface area contributed by atoms with Crippen LogP contribution in [-0.4, -0.2) is 25.8 Å². The molecular formula is C7H10N2O2. The molecule has 2 heterocycles. The van der Waals surface area contributed by atoms with Gasteiger partial charge in [-0.05, 0) is 6.08 Å². The number of hydrogen-bond donors (Lipinski definition) is 2. The molecule has 2 aliphatic rings. The Labute approximate surface area is 64.6 Å². The van der Waals surface area contributed by atoms with Crippen molar-refractivity contribution in [3.05, 3.63) is 11.8 Å². The fourth-order valence-corrected chi connectivity index (χ4v) is 1.34. The zero-order valence-electron chi connectivity index (χ0n) is 6.09. The predicted octanol–water partition coefficient (Wildman–Crippen LogP) is -0.806. The van der Waals surface area contributed by atoms with E-state index in [2.05, 4.69) is 10.6 Å². The van der Waals surface area contributed by atoms with Crippen molar-refractivity contribution in [1.29, 1.82) is 0 Å². The summed E-state index contributed by atoms with van der Waals surface area (Å²) < 4.78 is 5.13. The van der Waals surface area contributed by atoms with E-state index < -0.39 is 0 Å². The quantitative estimate of drug-likeness (QED) is 0.480. The Bertz CT molecular complexity index is 212. The molecule has 0 saturated carbocycles. The Morgan fingerprint density at radius 3 is 3.27 bits per heavy atom. The molecule has 1 fully saturated rings. The summed E-state index contributed by atoms with van der Waals surface area (Å²) >= 11 is 0. The monoisotopic (exact) mass is 154 g/mol. The number of carbonyl (C=O) groups is 1. The summed E-state index contributed by atoms with van der Waals surface area (Å²) in [5, 5.41) is 5.81. The average molecular weight is 154 g/mol. The van der Waals surface area contributed by atoms with Gasteiger partial charge in [0.05, 0.1) is 19.9 Å². The highest BCUT2D eigenvalue weighted by Gasteiger charge is 2.28. The predicted molar refractivity (Wildman–Crippen MR) is 38.5 cm³/mol. The summed E-state index contributed by atoms with van der Waals surface area (Å²) in [5.74, 6) is -0.0350. The van der Waals surface area contributed by atoms with Gasteiger partial charge in [-0.15, -0.1) is 0 Å². The zero-order valence-corrected chi connectivity index (χ0v) is 6.09. The first kappa shape index (κ1) is 6.67. The molecule has 0 aromatic rings. The highest BCUT2D eigenvalue weighted by Crippen LogP contribution is 2.15. The van der Waals surface area contributed by atoms with Crippen LogP contribution < -0.4 is 10.6 Å². The van der Waals surface area contributed by atoms with Crippen LogP contribution in [-0.2, 0) is 9.53 Å². The molecule has 1 atom stereocenters. The van der Waals surface area contributed by atoms with Gasteiger partial charge >= 0.3 is 0 Å². The lowest BCUT2D eigenvalue weighted by atomic mass is 10.0. The van der Waals surface area contributed by atoms with Crippen molar-refractivity contribution < 1.29 is 9.53 Å². The van der Waals surface area contributed by atoms with Crippen LogP contribution in [0.5, 0.6) is 0 Å². The fourth-order valence-electron chi connectivity index (χ4n) is 1.34. The van der Waals surface area contributed by atoms with Gasteiger partial charge in [-0.25, -0.2) is 0 Å². The van der Waals surface area contributed by atoms with Gasteiger partial charge in [-0.2, -0.15) is 0 Å². The summed E-state index contributed by atoms with van der Waals surface area (Å²) in [6, 6.07) is 0. The van der Waals surface area contributed by atoms with E-state index >= 15 is 0 Å². The number of carbonyl (C=O) groups excluding carboxylic acids is 1. The van der Waals surface area contributed by atoms with Crippen LogP contribution in [0.15, 0.2) is 11.8 Å². The van der Waals surface area contributed by atoms with Gasteiger partial charge in [-0.1, -0.05) is 0 Å². The Kier molecular flexibility index (Phi) is 1.54. The Hall–Kier alpha value is -1.03. The first-order valence-electron chi connectivity index (χ1n) is 3.67. The maximum atomic E-state index is 11.2. The van der Waals surface area contributed by atoms with Crippen LogP contribution >= 0.6 is 0 Å². The minimum atomic E-state index is -0.0995. The number of nitrogens with one attached hydrogen (secondary N) is 2. The molecular weight excluding hydrogens is 144 g/mol. The van der Waals surface area contributed by atoms with Crippen molar-refractivity contribution in [2.75, 3.05) is 19.9 Å². The molecule has 1 unspecified atom stereocenters. The molecule has 0 bridgehead atoms. The van der Waals surface area contributed by atoms with Gasteiger partial charge in [0, 0.05) is 5.70 Å². The molecule has 0 aromatic carbocycles. The normalized spacial score (nSPS) is 29.6. The van der Waals surface area contributed by atoms with Crippen LogP contribution in [0.1, 0.15) is 0 Å². The number of hydrogen-bond acceptors (Lipinski definition) is 3. The largest absolute Gasteiger partial charge is 0.376 e. The van der Waals surface area contributed by atoms with Gasteiger partial charge in [0.1, 0.15) is 5.92 Å². The first-order chi connectivity index (χ1) is 5.38. The van der Waals surface area contributed by atoms with Crippen molar-refractivity contribution in [3.63, 3.8) is 0 Å². The van der Waals surface area contributed by atoms with Crippen LogP contribution in [0.4, 0.5) is 0 Å². The molecule has 11 heavy (non-hydrogen) atoms. The third kappa shape index (κ3) is 1.09. The van der Waals surface area contributed by atoms with E-state index in [0.29, 0.717) is 19.9 Å². The van der Waals surface area contributed by atoms with Crippen LogP contribution in [0, 0.1) is 5.92 Å². The topological polar surface area (TPSA) is 50.4 Å². The van der Waals surface area contributed by atoms with Gasteiger partial charge < -0.3 is 15.4 Å². The summed E-state index contributed by atoms with van der Waals surface area (Å²) in [4.78, 5) is 11.2. The van der Waals surface area contributed by atoms with E-state index in [4.69, 9.17) is 4.74 Å². The van der Waals surface area contributed by atoms with E-state index in [9.17, 15) is 4.79 Å². The maximum absolute atomic E-state index is 11.2. The lowest BCUT2D eigenvalue weighted by Crippen LogP contribution is -2.49. The number of ether oxygens (including phenoxy) is 1. The van der Waals surface area contributed by atoms with Crippen LogP contribution in [0.2, 0.25) is 0 Å². The number of fused-ring (bicyclic) bond motifs is 1. The lowest BCUT2D eigenvalue weighted by Gasteiger charge is -2.29. The summed E-state index contributed by atoms with van der Waals surface area (Å²) in [6.45, 7) is 1.66. The maximum Gasteiger partial charge on any atom is 0.232 e. The van der Waals surface area contributed by atoms with Gasteiger partial charge in [0.25, 0.3) is 0 Å². The molecule has 0 spiro atoms. The molecule has 1 amide bonds. The second kappa shape index (κ2) is 2.54. The molecule has 2 aliphatic heterocycles. The average Bonchev–Trinajstić information content (AvgIpc) is 2.06. The molecule has 0 aliphatic carbocycles. The van der Waals surface area contributed by atoms with Gasteiger partial charge in [-0.3, -0.25) is 4.79 Å². The second-order valence-electron chi connectivity index (χ2n) is 2.64. The van der Waals surface area contributed by atoms with Crippen molar-refractivity contribution in [3.8, 4) is 0 Å². The van der Waals surface area contributed by atoms with Crippen molar-refractivity contribution in [1.82, 2.24) is 10.6 Å². The highest BCUT2D eigenvalue weighted by molar-refractivity contribution is 5.82. The summed E-state index contributed by atoms with van der Waals surface area (Å²) in [5.41, 5.74) is 1.01. The van der Waals surface area contributed by atoms with Crippen molar-refractivity contribution in [2.24, 2.45) is 5.92 Å². The molecule has 4 heteroatoms. The fraction of sp³-hybridized carbons (Fsp3) is 0.571. The minimum absolute atomic E-state index is 0.0645. The third-order valence-corrected chi connectivity index (χ3v) is 1.95. The zero-order chi connectivity index (χ0) is 7.68. The molecule has 60 valence electrons. The van der Waals surface area contributed by atoms with E-state index in [0.717, 1.165) is 5.70 Å². The molecule has 2 rings (SSSR count). The smallest absolute Gasteiger partial charge is 0.232 e. The molecule has 0 radical (unpaired) electrons. The summed E-state index contributed by atoms with van der Waals surface area (Å²) in [6.07, 6.45) is 1.92. The van der Waals surface area contributed by atoms with Crippen LogP contribution in [0.3, 0.4) is 0 Å². The van der Waals surface area contributed by atoms with Crippen LogP contribution in [0.25, 0.3) is 0 Å². The molecule has 4 nitrogen and oxygen atoms in total. The molecule has 1 saturated heterocycles. The Balaban J connectivity index is 2.20. The summed E-state index contributed by atoms with van der Waals surface area (Å²) in [7, 11) is 0. The van der Waals surface area contributed by atoms with Gasteiger partial charge in [0.15, 0.2) is 0 Å². The second-order valence-corrected chi connectivity index (χ2v) is 2.64. The Morgan fingerprint density at radius 1 is 1.55 bits per heavy atom. The Morgan fingerprint density at radius 2 is 2.45 bits per heavy atom. The SMILES string of the molecule is O=C1NCNC2=CCOCC12. The molecule has 0 aromatic heterocycles. The van der Waals surface area contributed by atoms with E-state index in [1.807, 2.05) is 6.08 Å². The first-order valence-corrected chi connectivity index (χ1v) is 3.67. The third-order valence-electron chi connectivity index (χ3n) is 1.95. The number of rotatable bonds is 0. The lowest BCUT2D eigenvalue weighted by molar-refractivity contribution is -0.127. The minimum Gasteiger partial charge on any atom is -0.376 e. The van der Waals surface area contributed by atoms with E-state index in [-0.39, 0.29) is 11.8 Å².